The summed E-state index contributed by atoms with van der Waals surface area (Å²) in [5.74, 6) is 0.725. The van der Waals surface area contributed by atoms with Crippen LogP contribution in [0.4, 0.5) is 0 Å². The van der Waals surface area contributed by atoms with Gasteiger partial charge in [-0.2, -0.15) is 0 Å². The predicted octanol–water partition coefficient (Wildman–Crippen LogP) is 7.29. The Morgan fingerprint density at radius 2 is 1.13 bits per heavy atom. The lowest BCUT2D eigenvalue weighted by Crippen LogP contribution is -2.22. The molecule has 38 heavy (non-hydrogen) atoms. The van der Waals surface area contributed by atoms with Crippen LogP contribution in [0.25, 0.3) is 32.7 Å². The largest absolute Gasteiger partial charge is 0.584 e. The molecule has 4 nitrogen and oxygen atoms in total. The molecule has 6 aromatic rings. The van der Waals surface area contributed by atoms with Crippen LogP contribution < -0.4 is 25.0 Å². The van der Waals surface area contributed by atoms with Crippen LogP contribution in [0.1, 0.15) is 0 Å². The Morgan fingerprint density at radius 3 is 1.79 bits per heavy atom. The van der Waals surface area contributed by atoms with E-state index < -0.39 is 15.7 Å². The summed E-state index contributed by atoms with van der Waals surface area (Å²) in [6.45, 7) is 0. The minimum Gasteiger partial charge on any atom is -0.395 e. The van der Waals surface area contributed by atoms with Gasteiger partial charge in [0.2, 0.25) is 0 Å². The van der Waals surface area contributed by atoms with E-state index in [0.29, 0.717) is 11.5 Å². The molecule has 0 saturated heterocycles. The van der Waals surface area contributed by atoms with E-state index in [-0.39, 0.29) is 0 Å². The smallest absolute Gasteiger partial charge is 0.395 e. The monoisotopic (exact) mass is 532 g/mol. The molecule has 1 atom stereocenters. The molecule has 6 aromatic carbocycles. The predicted molar refractivity (Wildman–Crippen MR) is 157 cm³/mol. The number of benzene rings is 6. The molecule has 1 unspecified atom stereocenters. The van der Waals surface area contributed by atoms with Gasteiger partial charge in [-0.1, -0.05) is 115 Å². The van der Waals surface area contributed by atoms with Gasteiger partial charge >= 0.3 is 7.82 Å². The molecule has 0 aromatic heterocycles. The van der Waals surface area contributed by atoms with Gasteiger partial charge in [0.05, 0.1) is 0 Å². The van der Waals surface area contributed by atoms with Crippen molar-refractivity contribution >= 4 is 53.2 Å². The third-order valence-corrected chi connectivity index (χ3v) is 10.1. The van der Waals surface area contributed by atoms with Crippen LogP contribution in [-0.4, -0.2) is 4.89 Å². The zero-order chi connectivity index (χ0) is 25.7. The van der Waals surface area contributed by atoms with Crippen molar-refractivity contribution in [2.24, 2.45) is 0 Å². The Bertz CT molecular complexity index is 1830. The molecule has 0 aliphatic carbocycles. The first-order chi connectivity index (χ1) is 18.6. The van der Waals surface area contributed by atoms with Crippen LogP contribution in [0.2, 0.25) is 0 Å². The average Bonchev–Trinajstić information content (AvgIpc) is 3.07. The van der Waals surface area contributed by atoms with E-state index in [2.05, 4.69) is 36.4 Å². The standard InChI is InChI=1S/C32H22O4P2/c33-38(34)35-28-20-19-22-11-7-9-17-26(22)30(28)31-27-18-10-8-12-23(27)21-29(32(31)36-38)37(24-13-3-1-4-14-24)25-15-5-2-6-16-25/h1-21H,(H,33,34). The molecule has 0 radical (unpaired) electrons. The number of hydrogen-bond acceptors (Lipinski definition) is 3. The van der Waals surface area contributed by atoms with E-state index >= 15 is 0 Å². The number of fused-ring (bicyclic) bond motifs is 7. The summed E-state index contributed by atoms with van der Waals surface area (Å²) < 4.78 is 25.2. The van der Waals surface area contributed by atoms with Crippen LogP contribution in [0, 0.1) is 0 Å². The van der Waals surface area contributed by atoms with Gasteiger partial charge in [-0.3, -0.25) is 4.89 Å². The fraction of sp³-hybridized carbons (Fsp3) is 0. The molecule has 6 heteroatoms. The van der Waals surface area contributed by atoms with Gasteiger partial charge in [0.1, 0.15) is 11.5 Å². The van der Waals surface area contributed by atoms with Crippen LogP contribution in [0.15, 0.2) is 127 Å². The molecule has 7 rings (SSSR count). The number of hydrogen-bond donors (Lipinski definition) is 1. The maximum absolute atomic E-state index is 13.4. The molecule has 1 aliphatic rings. The SMILES string of the molecule is O=P1(O)Oc2ccc3ccccc3c2-c2c(c(P(c3ccccc3)c3ccccc3)cc3ccccc23)O1. The van der Waals surface area contributed by atoms with E-state index in [0.717, 1.165) is 48.6 Å². The third kappa shape index (κ3) is 3.90. The van der Waals surface area contributed by atoms with Crippen molar-refractivity contribution < 1.29 is 18.5 Å². The average molecular weight is 532 g/mol. The van der Waals surface area contributed by atoms with Gasteiger partial charge in [-0.15, -0.1) is 0 Å². The van der Waals surface area contributed by atoms with Crippen molar-refractivity contribution in [3.05, 3.63) is 127 Å². The second-order valence-electron chi connectivity index (χ2n) is 9.14. The molecule has 0 bridgehead atoms. The Morgan fingerprint density at radius 1 is 0.579 bits per heavy atom. The summed E-state index contributed by atoms with van der Waals surface area (Å²) >= 11 is 0. The lowest BCUT2D eigenvalue weighted by atomic mass is 9.92. The van der Waals surface area contributed by atoms with E-state index in [1.54, 1.807) is 6.07 Å². The van der Waals surface area contributed by atoms with Crippen LogP contribution in [0.3, 0.4) is 0 Å². The normalized spacial score (nSPS) is 16.4. The van der Waals surface area contributed by atoms with Gasteiger partial charge in [-0.05, 0) is 52.2 Å². The second-order valence-corrected chi connectivity index (χ2v) is 12.6. The van der Waals surface area contributed by atoms with Crippen molar-refractivity contribution in [2.45, 2.75) is 0 Å². The fourth-order valence-electron chi connectivity index (χ4n) is 5.25. The van der Waals surface area contributed by atoms with Gasteiger partial charge in [-0.25, -0.2) is 4.57 Å². The van der Waals surface area contributed by atoms with Gasteiger partial charge in [0.25, 0.3) is 0 Å². The molecule has 1 N–H and O–H groups in total. The molecule has 0 fully saturated rings. The molecule has 1 heterocycles. The minimum absolute atomic E-state index is 0.333. The van der Waals surface area contributed by atoms with Crippen LogP contribution >= 0.6 is 15.7 Å². The summed E-state index contributed by atoms with van der Waals surface area (Å²) in [5.41, 5.74) is 1.54. The summed E-state index contributed by atoms with van der Waals surface area (Å²) in [6, 6.07) is 42.4. The molecule has 0 spiro atoms. The summed E-state index contributed by atoms with van der Waals surface area (Å²) in [6.07, 6.45) is 0. The van der Waals surface area contributed by atoms with Gasteiger partial charge < -0.3 is 9.05 Å². The topological polar surface area (TPSA) is 55.8 Å². The molecule has 0 saturated carbocycles. The fourth-order valence-corrected chi connectivity index (χ4v) is 8.60. The Labute approximate surface area is 221 Å². The minimum atomic E-state index is -4.49. The summed E-state index contributed by atoms with van der Waals surface area (Å²) in [7, 11) is -5.62. The highest BCUT2D eigenvalue weighted by atomic mass is 31.2. The van der Waals surface area contributed by atoms with Crippen molar-refractivity contribution in [2.75, 3.05) is 0 Å². The van der Waals surface area contributed by atoms with Crippen molar-refractivity contribution in [3.63, 3.8) is 0 Å². The Kier molecular flexibility index (Phi) is 5.56. The summed E-state index contributed by atoms with van der Waals surface area (Å²) in [5, 5.41) is 7.01. The summed E-state index contributed by atoms with van der Waals surface area (Å²) in [4.78, 5) is 11.0. The van der Waals surface area contributed by atoms with E-state index in [1.165, 1.54) is 0 Å². The second kappa shape index (κ2) is 9.11. The highest BCUT2D eigenvalue weighted by molar-refractivity contribution is 7.80. The van der Waals surface area contributed by atoms with Crippen LogP contribution in [0.5, 0.6) is 11.5 Å². The van der Waals surface area contributed by atoms with Gasteiger partial charge in [0, 0.05) is 16.4 Å². The maximum Gasteiger partial charge on any atom is 0.584 e. The number of phosphoric ester groups is 1. The number of phosphoric acid groups is 1. The van der Waals surface area contributed by atoms with Crippen molar-refractivity contribution in [1.29, 1.82) is 0 Å². The van der Waals surface area contributed by atoms with E-state index in [9.17, 15) is 9.46 Å². The molecular weight excluding hydrogens is 510 g/mol. The van der Waals surface area contributed by atoms with E-state index in [1.807, 2.05) is 84.9 Å². The Balaban J connectivity index is 1.66. The third-order valence-electron chi connectivity index (χ3n) is 6.81. The molecule has 184 valence electrons. The van der Waals surface area contributed by atoms with E-state index in [4.69, 9.17) is 9.05 Å². The first kappa shape index (κ1) is 23.2. The highest BCUT2D eigenvalue weighted by Gasteiger charge is 2.37. The lowest BCUT2D eigenvalue weighted by molar-refractivity contribution is 0.295. The maximum atomic E-state index is 13.4. The molecule has 1 aliphatic heterocycles. The zero-order valence-corrected chi connectivity index (χ0v) is 22.0. The molecule has 0 amide bonds. The first-order valence-corrected chi connectivity index (χ1v) is 15.1. The quantitative estimate of drug-likeness (QED) is 0.243. The van der Waals surface area contributed by atoms with Crippen molar-refractivity contribution in [1.82, 2.24) is 0 Å². The van der Waals surface area contributed by atoms with Crippen LogP contribution in [-0.2, 0) is 4.57 Å². The van der Waals surface area contributed by atoms with Gasteiger partial charge in [0.15, 0.2) is 0 Å². The Hall–Kier alpha value is -3.94. The lowest BCUT2D eigenvalue weighted by Gasteiger charge is -2.24. The highest BCUT2D eigenvalue weighted by Crippen LogP contribution is 2.58. The molecular formula is C32H22O4P2. The zero-order valence-electron chi connectivity index (χ0n) is 20.2. The van der Waals surface area contributed by atoms with Crippen molar-refractivity contribution in [3.8, 4) is 22.6 Å². The number of rotatable bonds is 3. The first-order valence-electron chi connectivity index (χ1n) is 12.3.